The summed E-state index contributed by atoms with van der Waals surface area (Å²) in [7, 11) is 1.66. The Morgan fingerprint density at radius 3 is 2.83 bits per heavy atom. The highest BCUT2D eigenvalue weighted by atomic mass is 16.5. The van der Waals surface area contributed by atoms with Gasteiger partial charge in [0.15, 0.2) is 0 Å². The number of ether oxygens (including phenoxy) is 2. The van der Waals surface area contributed by atoms with Gasteiger partial charge < -0.3 is 20.1 Å². The molecule has 5 nitrogen and oxygen atoms in total. The number of nitrogens with one attached hydrogen (secondary N) is 2. The average Bonchev–Trinajstić information content (AvgIpc) is 3.14. The number of hydrogen-bond acceptors (Lipinski definition) is 3. The molecule has 2 N–H and O–H groups in total. The van der Waals surface area contributed by atoms with E-state index in [1.165, 1.54) is 0 Å². The number of benzene rings is 2. The monoisotopic (exact) mass is 328 g/mol. The van der Waals surface area contributed by atoms with E-state index >= 15 is 0 Å². The van der Waals surface area contributed by atoms with Crippen LogP contribution in [0.4, 0.5) is 4.79 Å². The summed E-state index contributed by atoms with van der Waals surface area (Å²) in [5.41, 5.74) is 1.06. The molecule has 2 atom stereocenters. The van der Waals surface area contributed by atoms with Crippen LogP contribution < -0.4 is 15.4 Å². The SMILES string of the molecule is COc1ccc2cc(CNC(=O)N[C@H](C)[C@@H]3CCCO3)ccc2c1. The summed E-state index contributed by atoms with van der Waals surface area (Å²) in [6.07, 6.45) is 2.21. The Kier molecular flexibility index (Phi) is 5.20. The van der Waals surface area contributed by atoms with Crippen molar-refractivity contribution in [1.29, 1.82) is 0 Å². The van der Waals surface area contributed by atoms with E-state index in [4.69, 9.17) is 9.47 Å². The van der Waals surface area contributed by atoms with Crippen LogP contribution in [0, 0.1) is 0 Å². The van der Waals surface area contributed by atoms with Crippen molar-refractivity contribution in [2.75, 3.05) is 13.7 Å². The van der Waals surface area contributed by atoms with Gasteiger partial charge in [-0.2, -0.15) is 0 Å². The molecule has 0 saturated carbocycles. The van der Waals surface area contributed by atoms with Gasteiger partial charge in [-0.1, -0.05) is 18.2 Å². The van der Waals surface area contributed by atoms with Gasteiger partial charge in [-0.25, -0.2) is 4.79 Å². The van der Waals surface area contributed by atoms with Crippen LogP contribution >= 0.6 is 0 Å². The predicted octanol–water partition coefficient (Wildman–Crippen LogP) is 3.22. The third-order valence-electron chi connectivity index (χ3n) is 4.45. The first-order chi connectivity index (χ1) is 11.7. The predicted molar refractivity (Wildman–Crippen MR) is 94.3 cm³/mol. The largest absolute Gasteiger partial charge is 0.497 e. The number of amides is 2. The van der Waals surface area contributed by atoms with E-state index in [0.717, 1.165) is 41.5 Å². The standard InChI is InChI=1S/C19H24N2O3/c1-13(18-4-3-9-24-18)21-19(22)20-12-14-5-6-16-11-17(23-2)8-7-15(16)10-14/h5-8,10-11,13,18H,3-4,9,12H2,1-2H3,(H2,20,21,22)/t13-,18+/m1/s1. The van der Waals surface area contributed by atoms with Gasteiger partial charge in [0, 0.05) is 13.2 Å². The Bertz CT molecular complexity index is 711. The van der Waals surface area contributed by atoms with E-state index in [0.29, 0.717) is 6.54 Å². The fraction of sp³-hybridized carbons (Fsp3) is 0.421. The Balaban J connectivity index is 1.55. The molecule has 1 fully saturated rings. The molecule has 0 radical (unpaired) electrons. The molecular weight excluding hydrogens is 304 g/mol. The number of urea groups is 1. The minimum Gasteiger partial charge on any atom is -0.497 e. The number of fused-ring (bicyclic) bond motifs is 1. The van der Waals surface area contributed by atoms with Crippen LogP contribution in [-0.4, -0.2) is 31.9 Å². The zero-order valence-corrected chi connectivity index (χ0v) is 14.2. The fourth-order valence-corrected chi connectivity index (χ4v) is 3.04. The number of carbonyl (C=O) groups is 1. The maximum atomic E-state index is 12.0. The van der Waals surface area contributed by atoms with E-state index in [-0.39, 0.29) is 18.2 Å². The molecule has 1 aliphatic heterocycles. The van der Waals surface area contributed by atoms with Crippen LogP contribution in [0.15, 0.2) is 36.4 Å². The molecule has 5 heteroatoms. The van der Waals surface area contributed by atoms with Crippen molar-refractivity contribution in [3.05, 3.63) is 42.0 Å². The molecule has 1 heterocycles. The first kappa shape index (κ1) is 16.6. The first-order valence-corrected chi connectivity index (χ1v) is 8.38. The number of methoxy groups -OCH3 is 1. The van der Waals surface area contributed by atoms with Gasteiger partial charge in [0.1, 0.15) is 5.75 Å². The second kappa shape index (κ2) is 7.53. The highest BCUT2D eigenvalue weighted by Gasteiger charge is 2.23. The topological polar surface area (TPSA) is 59.6 Å². The van der Waals surface area contributed by atoms with E-state index in [1.807, 2.05) is 37.3 Å². The highest BCUT2D eigenvalue weighted by Crippen LogP contribution is 2.21. The molecule has 128 valence electrons. The maximum Gasteiger partial charge on any atom is 0.315 e. The smallest absolute Gasteiger partial charge is 0.315 e. The lowest BCUT2D eigenvalue weighted by Crippen LogP contribution is -2.45. The van der Waals surface area contributed by atoms with Gasteiger partial charge in [-0.15, -0.1) is 0 Å². The van der Waals surface area contributed by atoms with Crippen molar-refractivity contribution >= 4 is 16.8 Å². The van der Waals surface area contributed by atoms with E-state index in [1.54, 1.807) is 7.11 Å². The highest BCUT2D eigenvalue weighted by molar-refractivity contribution is 5.84. The van der Waals surface area contributed by atoms with Gasteiger partial charge in [0.25, 0.3) is 0 Å². The lowest BCUT2D eigenvalue weighted by molar-refractivity contribution is 0.0860. The summed E-state index contributed by atoms with van der Waals surface area (Å²) in [6, 6.07) is 12.0. The van der Waals surface area contributed by atoms with Crippen molar-refractivity contribution in [2.24, 2.45) is 0 Å². The number of rotatable bonds is 5. The molecule has 2 aromatic rings. The normalized spacial score (nSPS) is 18.3. The maximum absolute atomic E-state index is 12.0. The molecular formula is C19H24N2O3. The second-order valence-corrected chi connectivity index (χ2v) is 6.21. The Morgan fingerprint density at radius 1 is 1.29 bits per heavy atom. The van der Waals surface area contributed by atoms with Gasteiger partial charge in [0.05, 0.1) is 19.3 Å². The van der Waals surface area contributed by atoms with Crippen molar-refractivity contribution in [2.45, 2.75) is 38.5 Å². The Labute approximate surface area is 142 Å². The lowest BCUT2D eigenvalue weighted by Gasteiger charge is -2.20. The molecule has 3 rings (SSSR count). The zero-order valence-electron chi connectivity index (χ0n) is 14.2. The van der Waals surface area contributed by atoms with Crippen LogP contribution in [0.1, 0.15) is 25.3 Å². The van der Waals surface area contributed by atoms with E-state index in [2.05, 4.69) is 16.7 Å². The molecule has 1 aliphatic rings. The van der Waals surface area contributed by atoms with Crippen LogP contribution in [0.25, 0.3) is 10.8 Å². The van der Waals surface area contributed by atoms with Gasteiger partial charge in [-0.3, -0.25) is 0 Å². The van der Waals surface area contributed by atoms with Crippen LogP contribution in [0.5, 0.6) is 5.75 Å². The minimum absolute atomic E-state index is 0.0246. The van der Waals surface area contributed by atoms with Crippen molar-refractivity contribution < 1.29 is 14.3 Å². The molecule has 24 heavy (non-hydrogen) atoms. The third kappa shape index (κ3) is 3.97. The second-order valence-electron chi connectivity index (χ2n) is 6.21. The van der Waals surface area contributed by atoms with Crippen LogP contribution in [-0.2, 0) is 11.3 Å². The molecule has 0 aliphatic carbocycles. The van der Waals surface area contributed by atoms with E-state index < -0.39 is 0 Å². The fourth-order valence-electron chi connectivity index (χ4n) is 3.04. The molecule has 2 amide bonds. The number of hydrogen-bond donors (Lipinski definition) is 2. The number of carbonyl (C=O) groups excluding carboxylic acids is 1. The molecule has 0 unspecified atom stereocenters. The molecule has 2 aromatic carbocycles. The summed E-state index contributed by atoms with van der Waals surface area (Å²) in [5.74, 6) is 0.843. The lowest BCUT2D eigenvalue weighted by atomic mass is 10.1. The molecule has 0 aromatic heterocycles. The summed E-state index contributed by atoms with van der Waals surface area (Å²) in [4.78, 5) is 12.0. The van der Waals surface area contributed by atoms with Gasteiger partial charge in [-0.05, 0) is 54.3 Å². The van der Waals surface area contributed by atoms with Crippen molar-refractivity contribution in [3.63, 3.8) is 0 Å². The molecule has 0 bridgehead atoms. The van der Waals surface area contributed by atoms with Crippen LogP contribution in [0.2, 0.25) is 0 Å². The first-order valence-electron chi connectivity index (χ1n) is 8.38. The van der Waals surface area contributed by atoms with Crippen molar-refractivity contribution in [3.8, 4) is 5.75 Å². The average molecular weight is 328 g/mol. The van der Waals surface area contributed by atoms with Crippen molar-refractivity contribution in [1.82, 2.24) is 10.6 Å². The minimum atomic E-state index is -0.159. The Morgan fingerprint density at radius 2 is 2.08 bits per heavy atom. The zero-order chi connectivity index (χ0) is 16.9. The quantitative estimate of drug-likeness (QED) is 0.886. The summed E-state index contributed by atoms with van der Waals surface area (Å²) in [5, 5.41) is 8.11. The molecule has 1 saturated heterocycles. The van der Waals surface area contributed by atoms with Gasteiger partial charge in [0.2, 0.25) is 0 Å². The third-order valence-corrected chi connectivity index (χ3v) is 4.45. The summed E-state index contributed by atoms with van der Waals surface area (Å²) < 4.78 is 10.8. The molecule has 0 spiro atoms. The summed E-state index contributed by atoms with van der Waals surface area (Å²) in [6.45, 7) is 3.27. The summed E-state index contributed by atoms with van der Waals surface area (Å²) >= 11 is 0. The Hall–Kier alpha value is -2.27. The van der Waals surface area contributed by atoms with Crippen LogP contribution in [0.3, 0.4) is 0 Å². The van der Waals surface area contributed by atoms with Gasteiger partial charge >= 0.3 is 6.03 Å². The van der Waals surface area contributed by atoms with E-state index in [9.17, 15) is 4.79 Å².